The Labute approximate surface area is 146 Å². The Morgan fingerprint density at radius 3 is 2.52 bits per heavy atom. The number of imide groups is 1. The van der Waals surface area contributed by atoms with E-state index < -0.39 is 5.41 Å². The van der Waals surface area contributed by atoms with Gasteiger partial charge in [0.2, 0.25) is 11.8 Å². The van der Waals surface area contributed by atoms with Crippen LogP contribution in [0.1, 0.15) is 49.9 Å². The molecule has 0 bridgehead atoms. The molecule has 130 valence electrons. The molecule has 25 heavy (non-hydrogen) atoms. The van der Waals surface area contributed by atoms with Crippen molar-refractivity contribution >= 4 is 11.8 Å². The van der Waals surface area contributed by atoms with Gasteiger partial charge in [-0.05, 0) is 42.3 Å². The van der Waals surface area contributed by atoms with Crippen LogP contribution >= 0.6 is 0 Å². The summed E-state index contributed by atoms with van der Waals surface area (Å²) in [4.78, 5) is 26.8. The molecular weight excluding hydrogens is 318 g/mol. The van der Waals surface area contributed by atoms with Crippen LogP contribution in [0.15, 0.2) is 24.3 Å². The lowest BCUT2D eigenvalue weighted by molar-refractivity contribution is -0.143. The van der Waals surface area contributed by atoms with E-state index in [0.29, 0.717) is 12.2 Å². The number of likely N-dealkylation sites (tertiary alicyclic amines) is 1. The molecular formula is C18H21N5O2. The van der Waals surface area contributed by atoms with Gasteiger partial charge in [-0.3, -0.25) is 14.5 Å². The third-order valence-corrected chi connectivity index (χ3v) is 5.41. The van der Waals surface area contributed by atoms with Gasteiger partial charge in [0.25, 0.3) is 0 Å². The maximum Gasteiger partial charge on any atom is 0.236 e. The van der Waals surface area contributed by atoms with Crippen molar-refractivity contribution in [1.82, 2.24) is 25.1 Å². The first kappa shape index (κ1) is 15.9. The van der Waals surface area contributed by atoms with E-state index >= 15 is 0 Å². The highest BCUT2D eigenvalue weighted by Gasteiger charge is 2.51. The zero-order valence-corrected chi connectivity index (χ0v) is 14.3. The Hall–Kier alpha value is -2.57. The highest BCUT2D eigenvalue weighted by molar-refractivity contribution is 6.05. The molecule has 2 heterocycles. The Balaban J connectivity index is 1.59. The number of hydrogen-bond donors (Lipinski definition) is 0. The number of rotatable bonds is 3. The minimum Gasteiger partial charge on any atom is -0.274 e. The van der Waals surface area contributed by atoms with Gasteiger partial charge >= 0.3 is 0 Å². The lowest BCUT2D eigenvalue weighted by Crippen LogP contribution is -2.37. The van der Waals surface area contributed by atoms with E-state index in [1.807, 2.05) is 31.2 Å². The van der Waals surface area contributed by atoms with E-state index in [-0.39, 0.29) is 18.4 Å². The molecule has 1 aromatic carbocycles. The summed E-state index contributed by atoms with van der Waals surface area (Å²) in [6, 6.07) is 7.80. The summed E-state index contributed by atoms with van der Waals surface area (Å²) in [5.41, 5.74) is 1.48. The zero-order chi connectivity index (χ0) is 17.4. The smallest absolute Gasteiger partial charge is 0.236 e. The molecule has 7 heteroatoms. The second-order valence-electron chi connectivity index (χ2n) is 7.15. The zero-order valence-electron chi connectivity index (χ0n) is 14.3. The fourth-order valence-corrected chi connectivity index (χ4v) is 3.97. The van der Waals surface area contributed by atoms with Crippen LogP contribution < -0.4 is 0 Å². The predicted molar refractivity (Wildman–Crippen MR) is 89.6 cm³/mol. The van der Waals surface area contributed by atoms with E-state index in [4.69, 9.17) is 0 Å². The summed E-state index contributed by atoms with van der Waals surface area (Å²) in [7, 11) is 0. The number of tetrazole rings is 1. The lowest BCUT2D eigenvalue weighted by Gasteiger charge is -2.30. The molecule has 2 aromatic rings. The quantitative estimate of drug-likeness (QED) is 0.801. The largest absolute Gasteiger partial charge is 0.274 e. The average Bonchev–Trinajstić information content (AvgIpc) is 3.16. The van der Waals surface area contributed by atoms with Crippen molar-refractivity contribution in [2.45, 2.75) is 52.0 Å². The van der Waals surface area contributed by atoms with Gasteiger partial charge in [0.1, 0.15) is 0 Å². The maximum atomic E-state index is 12.9. The highest BCUT2D eigenvalue weighted by Crippen LogP contribution is 2.45. The van der Waals surface area contributed by atoms with Crippen molar-refractivity contribution in [3.05, 3.63) is 35.7 Å². The van der Waals surface area contributed by atoms with Crippen molar-refractivity contribution in [3.8, 4) is 5.69 Å². The summed E-state index contributed by atoms with van der Waals surface area (Å²) >= 11 is 0. The molecule has 4 rings (SSSR count). The molecule has 1 spiro atoms. The monoisotopic (exact) mass is 339 g/mol. The number of hydrogen-bond acceptors (Lipinski definition) is 5. The fourth-order valence-electron chi connectivity index (χ4n) is 3.97. The van der Waals surface area contributed by atoms with E-state index in [1.165, 1.54) is 4.90 Å². The number of aryl methyl sites for hydroxylation is 1. The topological polar surface area (TPSA) is 81.0 Å². The molecule has 1 aliphatic carbocycles. The second kappa shape index (κ2) is 6.06. The van der Waals surface area contributed by atoms with Crippen LogP contribution in [0, 0.1) is 12.3 Å². The summed E-state index contributed by atoms with van der Waals surface area (Å²) in [5, 5.41) is 11.8. The second-order valence-corrected chi connectivity index (χ2v) is 7.15. The van der Waals surface area contributed by atoms with Crippen molar-refractivity contribution < 1.29 is 9.59 Å². The van der Waals surface area contributed by atoms with Gasteiger partial charge in [-0.2, -0.15) is 4.68 Å². The summed E-state index contributed by atoms with van der Waals surface area (Å²) in [5.74, 6) is 0.347. The Morgan fingerprint density at radius 2 is 1.80 bits per heavy atom. The number of amides is 2. The molecule has 0 N–H and O–H groups in total. The Kier molecular flexibility index (Phi) is 3.86. The fraction of sp³-hybridized carbons (Fsp3) is 0.500. The average molecular weight is 339 g/mol. The molecule has 1 aliphatic heterocycles. The van der Waals surface area contributed by atoms with Crippen molar-refractivity contribution in [2.24, 2.45) is 5.41 Å². The molecule has 1 aromatic heterocycles. The van der Waals surface area contributed by atoms with Gasteiger partial charge in [-0.15, -0.1) is 5.10 Å². The van der Waals surface area contributed by atoms with Crippen LogP contribution in [-0.4, -0.2) is 36.9 Å². The van der Waals surface area contributed by atoms with Crippen LogP contribution in [0.2, 0.25) is 0 Å². The molecule has 2 aliphatic rings. The number of aromatic nitrogens is 4. The van der Waals surface area contributed by atoms with Gasteiger partial charge in [0.05, 0.1) is 17.6 Å². The predicted octanol–water partition coefficient (Wildman–Crippen LogP) is 2.18. The first-order chi connectivity index (χ1) is 12.1. The minimum atomic E-state index is -0.475. The van der Waals surface area contributed by atoms with Gasteiger partial charge in [0, 0.05) is 6.42 Å². The van der Waals surface area contributed by atoms with Crippen LogP contribution in [0.25, 0.3) is 5.69 Å². The van der Waals surface area contributed by atoms with Crippen LogP contribution in [0.3, 0.4) is 0 Å². The molecule has 2 amide bonds. The lowest BCUT2D eigenvalue weighted by atomic mass is 9.73. The van der Waals surface area contributed by atoms with Crippen molar-refractivity contribution in [1.29, 1.82) is 0 Å². The molecule has 1 saturated heterocycles. The van der Waals surface area contributed by atoms with Gasteiger partial charge in [0.15, 0.2) is 5.82 Å². The third-order valence-electron chi connectivity index (χ3n) is 5.41. The van der Waals surface area contributed by atoms with E-state index in [9.17, 15) is 9.59 Å². The number of carbonyl (C=O) groups is 2. The molecule has 0 radical (unpaired) electrons. The number of carbonyl (C=O) groups excluding carboxylic acids is 2. The first-order valence-corrected chi connectivity index (χ1v) is 8.78. The first-order valence-electron chi connectivity index (χ1n) is 8.78. The third kappa shape index (κ3) is 2.73. The maximum absolute atomic E-state index is 12.9. The van der Waals surface area contributed by atoms with Gasteiger partial charge in [-0.1, -0.05) is 37.0 Å². The summed E-state index contributed by atoms with van der Waals surface area (Å²) in [6.45, 7) is 2.13. The number of benzene rings is 1. The minimum absolute atomic E-state index is 0.0457. The SMILES string of the molecule is Cc1ccc(-n2nnnc2CN2C(=O)CC3(CCCCC3)C2=O)cc1. The van der Waals surface area contributed by atoms with Crippen LogP contribution in [0.4, 0.5) is 0 Å². The highest BCUT2D eigenvalue weighted by atomic mass is 16.2. The molecule has 1 saturated carbocycles. The van der Waals surface area contributed by atoms with Crippen LogP contribution in [0.5, 0.6) is 0 Å². The van der Waals surface area contributed by atoms with Crippen molar-refractivity contribution in [2.75, 3.05) is 0 Å². The van der Waals surface area contributed by atoms with Gasteiger partial charge < -0.3 is 0 Å². The molecule has 7 nitrogen and oxygen atoms in total. The number of nitrogens with zero attached hydrogens (tertiary/aromatic N) is 5. The van der Waals surface area contributed by atoms with Gasteiger partial charge in [-0.25, -0.2) is 0 Å². The Bertz CT molecular complexity index is 805. The molecule has 0 unspecified atom stereocenters. The summed E-state index contributed by atoms with van der Waals surface area (Å²) < 4.78 is 1.59. The van der Waals surface area contributed by atoms with E-state index in [0.717, 1.165) is 43.4 Å². The normalized spacial score (nSPS) is 19.8. The molecule has 2 fully saturated rings. The van der Waals surface area contributed by atoms with Crippen molar-refractivity contribution in [3.63, 3.8) is 0 Å². The molecule has 0 atom stereocenters. The standard InChI is InChI=1S/C18H21N5O2/c1-13-5-7-14(8-6-13)23-15(19-20-21-23)12-22-16(24)11-18(17(22)25)9-3-2-4-10-18/h5-8H,2-4,9-12H2,1H3. The van der Waals surface area contributed by atoms with Crippen LogP contribution in [-0.2, 0) is 16.1 Å². The summed E-state index contributed by atoms with van der Waals surface area (Å²) in [6.07, 6.45) is 5.16. The van der Waals surface area contributed by atoms with E-state index in [2.05, 4.69) is 15.5 Å². The Morgan fingerprint density at radius 1 is 1.08 bits per heavy atom. The van der Waals surface area contributed by atoms with E-state index in [1.54, 1.807) is 4.68 Å².